The maximum atomic E-state index is 4.34. The number of nitrogens with one attached hydrogen (secondary N) is 2. The molecule has 2 unspecified atom stereocenters. The Hall–Kier alpha value is -1.55. The first kappa shape index (κ1) is 19.8. The van der Waals surface area contributed by atoms with Crippen molar-refractivity contribution in [2.24, 2.45) is 4.99 Å². The second kappa shape index (κ2) is 11.1. The Morgan fingerprint density at radius 2 is 2.00 bits per heavy atom. The second-order valence-electron chi connectivity index (χ2n) is 7.28. The Labute approximate surface area is 154 Å². The molecule has 25 heavy (non-hydrogen) atoms. The summed E-state index contributed by atoms with van der Waals surface area (Å²) in [6.45, 7) is 9.03. The zero-order valence-corrected chi connectivity index (χ0v) is 16.3. The van der Waals surface area contributed by atoms with E-state index in [1.165, 1.54) is 50.8 Å². The van der Waals surface area contributed by atoms with E-state index in [0.29, 0.717) is 5.92 Å². The number of guanidine groups is 1. The van der Waals surface area contributed by atoms with Crippen LogP contribution in [0.2, 0.25) is 0 Å². The molecule has 0 radical (unpaired) electrons. The molecule has 4 nitrogen and oxygen atoms in total. The Morgan fingerprint density at radius 1 is 1.20 bits per heavy atom. The predicted molar refractivity (Wildman–Crippen MR) is 108 cm³/mol. The number of hydrogen-bond donors (Lipinski definition) is 2. The zero-order chi connectivity index (χ0) is 17.9. The lowest BCUT2D eigenvalue weighted by molar-refractivity contribution is 0.158. The molecule has 2 N–H and O–H groups in total. The van der Waals surface area contributed by atoms with E-state index in [2.05, 4.69) is 64.7 Å². The highest BCUT2D eigenvalue weighted by Gasteiger charge is 2.16. The summed E-state index contributed by atoms with van der Waals surface area (Å²) in [7, 11) is 1.85. The van der Waals surface area contributed by atoms with Crippen LogP contribution in [-0.2, 0) is 0 Å². The quantitative estimate of drug-likeness (QED) is 0.430. The maximum absolute atomic E-state index is 4.34. The lowest BCUT2D eigenvalue weighted by Gasteiger charge is -2.33. The summed E-state index contributed by atoms with van der Waals surface area (Å²) in [4.78, 5) is 6.99. The molecule has 1 aliphatic rings. The summed E-state index contributed by atoms with van der Waals surface area (Å²) in [6, 6.07) is 11.4. The summed E-state index contributed by atoms with van der Waals surface area (Å²) in [5.74, 6) is 1.38. The highest BCUT2D eigenvalue weighted by molar-refractivity contribution is 5.79. The van der Waals surface area contributed by atoms with Crippen molar-refractivity contribution in [2.75, 3.05) is 33.2 Å². The van der Waals surface area contributed by atoms with Crippen molar-refractivity contribution in [1.82, 2.24) is 15.5 Å². The van der Waals surface area contributed by atoms with Gasteiger partial charge < -0.3 is 15.5 Å². The number of likely N-dealkylation sites (tertiary alicyclic amines) is 1. The fourth-order valence-corrected chi connectivity index (χ4v) is 3.51. The molecular formula is C21H36N4. The number of piperidine rings is 1. The molecule has 0 saturated carbocycles. The van der Waals surface area contributed by atoms with Gasteiger partial charge in [0.2, 0.25) is 0 Å². The Balaban J connectivity index is 1.59. The monoisotopic (exact) mass is 344 g/mol. The standard InChI is InChI=1S/C21H36N4/c1-18(20-12-5-4-6-13-20)17-24-21(22-3)23-14-8-10-16-25-15-9-7-11-19(25)2/h4-6,12-13,18-19H,7-11,14-17H2,1-3H3,(H2,22,23,24). The van der Waals surface area contributed by atoms with E-state index < -0.39 is 0 Å². The van der Waals surface area contributed by atoms with Crippen LogP contribution >= 0.6 is 0 Å². The third kappa shape index (κ3) is 7.07. The molecule has 0 spiro atoms. The molecule has 0 amide bonds. The smallest absolute Gasteiger partial charge is 0.190 e. The molecule has 0 bridgehead atoms. The first-order valence-corrected chi connectivity index (χ1v) is 9.94. The normalized spacial score (nSPS) is 20.3. The fraction of sp³-hybridized carbons (Fsp3) is 0.667. The molecule has 1 heterocycles. The zero-order valence-electron chi connectivity index (χ0n) is 16.3. The largest absolute Gasteiger partial charge is 0.356 e. The van der Waals surface area contributed by atoms with Crippen molar-refractivity contribution in [1.29, 1.82) is 0 Å². The van der Waals surface area contributed by atoms with E-state index in [1.54, 1.807) is 0 Å². The number of unbranched alkanes of at least 4 members (excludes halogenated alkanes) is 1. The van der Waals surface area contributed by atoms with E-state index >= 15 is 0 Å². The van der Waals surface area contributed by atoms with Crippen molar-refractivity contribution >= 4 is 5.96 Å². The summed E-state index contributed by atoms with van der Waals surface area (Å²) < 4.78 is 0. The van der Waals surface area contributed by atoms with Gasteiger partial charge in [-0.2, -0.15) is 0 Å². The average molecular weight is 345 g/mol. The van der Waals surface area contributed by atoms with E-state index in [-0.39, 0.29) is 0 Å². The van der Waals surface area contributed by atoms with Crippen molar-refractivity contribution in [3.05, 3.63) is 35.9 Å². The molecule has 2 atom stereocenters. The molecule has 1 fully saturated rings. The lowest BCUT2D eigenvalue weighted by Crippen LogP contribution is -2.40. The number of nitrogens with zero attached hydrogens (tertiary/aromatic N) is 2. The van der Waals surface area contributed by atoms with Gasteiger partial charge in [0, 0.05) is 26.2 Å². The van der Waals surface area contributed by atoms with Gasteiger partial charge in [-0.05, 0) is 57.2 Å². The van der Waals surface area contributed by atoms with E-state index in [0.717, 1.165) is 25.1 Å². The van der Waals surface area contributed by atoms with Crippen LogP contribution in [0.3, 0.4) is 0 Å². The minimum Gasteiger partial charge on any atom is -0.356 e. The molecule has 140 valence electrons. The molecule has 1 aromatic rings. The molecule has 0 aliphatic carbocycles. The highest BCUT2D eigenvalue weighted by Crippen LogP contribution is 2.16. The van der Waals surface area contributed by atoms with Crippen LogP contribution < -0.4 is 10.6 Å². The van der Waals surface area contributed by atoms with E-state index in [4.69, 9.17) is 0 Å². The Bertz CT molecular complexity index is 500. The van der Waals surface area contributed by atoms with E-state index in [1.807, 2.05) is 7.05 Å². The molecule has 0 aromatic heterocycles. The van der Waals surface area contributed by atoms with Crippen molar-refractivity contribution < 1.29 is 0 Å². The summed E-state index contributed by atoms with van der Waals surface area (Å²) in [5, 5.41) is 6.89. The van der Waals surface area contributed by atoms with Crippen LogP contribution in [0.25, 0.3) is 0 Å². The number of benzene rings is 1. The molecule has 1 aromatic carbocycles. The first-order valence-electron chi connectivity index (χ1n) is 9.94. The van der Waals surface area contributed by atoms with Gasteiger partial charge >= 0.3 is 0 Å². The van der Waals surface area contributed by atoms with Gasteiger partial charge in [0.05, 0.1) is 0 Å². The summed E-state index contributed by atoms with van der Waals surface area (Å²) in [5.41, 5.74) is 1.36. The van der Waals surface area contributed by atoms with Gasteiger partial charge in [-0.15, -0.1) is 0 Å². The molecular weight excluding hydrogens is 308 g/mol. The highest BCUT2D eigenvalue weighted by atomic mass is 15.2. The lowest BCUT2D eigenvalue weighted by atomic mass is 10.0. The summed E-state index contributed by atoms with van der Waals surface area (Å²) in [6.07, 6.45) is 6.60. The minimum absolute atomic E-state index is 0.473. The van der Waals surface area contributed by atoms with Crippen molar-refractivity contribution in [3.63, 3.8) is 0 Å². The third-order valence-electron chi connectivity index (χ3n) is 5.27. The van der Waals surface area contributed by atoms with E-state index in [9.17, 15) is 0 Å². The molecule has 4 heteroatoms. The van der Waals surface area contributed by atoms with Gasteiger partial charge in [0.15, 0.2) is 5.96 Å². The van der Waals surface area contributed by atoms with Crippen molar-refractivity contribution in [3.8, 4) is 0 Å². The van der Waals surface area contributed by atoms with Gasteiger partial charge in [-0.25, -0.2) is 0 Å². The SMILES string of the molecule is CN=C(NCCCCN1CCCCC1C)NCC(C)c1ccccc1. The van der Waals surface area contributed by atoms with Gasteiger partial charge in [0.1, 0.15) is 0 Å². The fourth-order valence-electron chi connectivity index (χ4n) is 3.51. The van der Waals surface area contributed by atoms with Gasteiger partial charge in [-0.1, -0.05) is 43.7 Å². The molecule has 2 rings (SSSR count). The van der Waals surface area contributed by atoms with Gasteiger partial charge in [-0.3, -0.25) is 4.99 Å². The topological polar surface area (TPSA) is 39.7 Å². The van der Waals surface area contributed by atoms with Crippen LogP contribution in [0, 0.1) is 0 Å². The second-order valence-corrected chi connectivity index (χ2v) is 7.28. The number of hydrogen-bond acceptors (Lipinski definition) is 2. The third-order valence-corrected chi connectivity index (χ3v) is 5.27. The minimum atomic E-state index is 0.473. The van der Waals surface area contributed by atoms with Crippen LogP contribution in [0.4, 0.5) is 0 Å². The molecule has 1 saturated heterocycles. The van der Waals surface area contributed by atoms with Crippen LogP contribution in [0.15, 0.2) is 35.3 Å². The number of rotatable bonds is 8. The Kier molecular flexibility index (Phi) is 8.81. The van der Waals surface area contributed by atoms with Crippen LogP contribution in [0.5, 0.6) is 0 Å². The first-order chi connectivity index (χ1) is 12.2. The predicted octanol–water partition coefficient (Wildman–Crippen LogP) is 3.61. The maximum Gasteiger partial charge on any atom is 0.190 e. The van der Waals surface area contributed by atoms with Crippen LogP contribution in [-0.4, -0.2) is 50.1 Å². The average Bonchev–Trinajstić information content (AvgIpc) is 2.65. The van der Waals surface area contributed by atoms with Gasteiger partial charge in [0.25, 0.3) is 0 Å². The summed E-state index contributed by atoms with van der Waals surface area (Å²) >= 11 is 0. The van der Waals surface area contributed by atoms with Crippen LogP contribution in [0.1, 0.15) is 57.4 Å². The molecule has 1 aliphatic heterocycles. The van der Waals surface area contributed by atoms with Crippen molar-refractivity contribution in [2.45, 2.75) is 57.9 Å². The number of aliphatic imine (C=N–C) groups is 1. The Morgan fingerprint density at radius 3 is 2.72 bits per heavy atom.